The molecule has 2 rings (SSSR count). The Balaban J connectivity index is 2.18. The van der Waals surface area contributed by atoms with E-state index in [4.69, 9.17) is 0 Å². The van der Waals surface area contributed by atoms with Gasteiger partial charge in [0.1, 0.15) is 11.6 Å². The zero-order chi connectivity index (χ0) is 14.5. The maximum Gasteiger partial charge on any atom is 0.130 e. The van der Waals surface area contributed by atoms with Crippen molar-refractivity contribution in [3.63, 3.8) is 0 Å². The fourth-order valence-corrected chi connectivity index (χ4v) is 3.23. The van der Waals surface area contributed by atoms with Gasteiger partial charge in [-0.1, -0.05) is 12.5 Å². The van der Waals surface area contributed by atoms with Crippen LogP contribution in [0.3, 0.4) is 0 Å². The normalized spacial score (nSPS) is 21.9. The standard InChI is InChI=1S/C16H24F2N2/c1-12(16-14(17)7-5-8-15(16)18)20-11-4-3-6-13(20)9-10-19-2/h5,7-8,12-13,19H,3-4,6,9-11H2,1-2H3. The van der Waals surface area contributed by atoms with Gasteiger partial charge >= 0.3 is 0 Å². The van der Waals surface area contributed by atoms with Crippen molar-refractivity contribution in [1.82, 2.24) is 10.2 Å². The second kappa shape index (κ2) is 7.14. The molecule has 0 aliphatic carbocycles. The fraction of sp³-hybridized carbons (Fsp3) is 0.625. The van der Waals surface area contributed by atoms with Crippen LogP contribution in [-0.2, 0) is 0 Å². The van der Waals surface area contributed by atoms with E-state index in [1.54, 1.807) is 0 Å². The number of halogens is 2. The van der Waals surface area contributed by atoms with Crippen LogP contribution in [-0.4, -0.2) is 31.1 Å². The monoisotopic (exact) mass is 282 g/mol. The van der Waals surface area contributed by atoms with Crippen molar-refractivity contribution >= 4 is 0 Å². The number of likely N-dealkylation sites (tertiary alicyclic amines) is 1. The Bertz CT molecular complexity index is 416. The highest BCUT2D eigenvalue weighted by Crippen LogP contribution is 2.32. The third-order valence-corrected chi connectivity index (χ3v) is 4.32. The van der Waals surface area contributed by atoms with Crippen LogP contribution in [0.25, 0.3) is 0 Å². The van der Waals surface area contributed by atoms with Crippen LogP contribution in [0.5, 0.6) is 0 Å². The van der Waals surface area contributed by atoms with Gasteiger partial charge in [-0.05, 0) is 58.5 Å². The van der Waals surface area contributed by atoms with E-state index < -0.39 is 11.6 Å². The minimum atomic E-state index is -0.435. The summed E-state index contributed by atoms with van der Waals surface area (Å²) in [6, 6.07) is 4.32. The first-order valence-corrected chi connectivity index (χ1v) is 7.49. The van der Waals surface area contributed by atoms with Crippen LogP contribution < -0.4 is 5.32 Å². The molecular weight excluding hydrogens is 258 g/mol. The van der Waals surface area contributed by atoms with Gasteiger partial charge in [0.2, 0.25) is 0 Å². The molecule has 1 aromatic carbocycles. The van der Waals surface area contributed by atoms with Gasteiger partial charge < -0.3 is 5.32 Å². The van der Waals surface area contributed by atoms with Gasteiger partial charge in [-0.15, -0.1) is 0 Å². The number of benzene rings is 1. The van der Waals surface area contributed by atoms with Crippen LogP contribution in [0.2, 0.25) is 0 Å². The third kappa shape index (κ3) is 3.36. The molecule has 1 fully saturated rings. The van der Waals surface area contributed by atoms with Crippen molar-refractivity contribution in [2.75, 3.05) is 20.1 Å². The second-order valence-electron chi connectivity index (χ2n) is 5.59. The smallest absolute Gasteiger partial charge is 0.130 e. The van der Waals surface area contributed by atoms with Crippen LogP contribution in [0.15, 0.2) is 18.2 Å². The van der Waals surface area contributed by atoms with Crippen LogP contribution in [0, 0.1) is 11.6 Å². The summed E-state index contributed by atoms with van der Waals surface area (Å²) in [5.41, 5.74) is 0.212. The average Bonchev–Trinajstić information content (AvgIpc) is 2.45. The van der Waals surface area contributed by atoms with E-state index in [-0.39, 0.29) is 11.6 Å². The van der Waals surface area contributed by atoms with E-state index >= 15 is 0 Å². The summed E-state index contributed by atoms with van der Waals surface area (Å²) in [5, 5.41) is 3.16. The molecular formula is C16H24F2N2. The molecule has 1 aliphatic rings. The highest BCUT2D eigenvalue weighted by molar-refractivity contribution is 5.23. The number of nitrogens with zero attached hydrogens (tertiary/aromatic N) is 1. The van der Waals surface area contributed by atoms with Crippen molar-refractivity contribution in [1.29, 1.82) is 0 Å². The summed E-state index contributed by atoms with van der Waals surface area (Å²) in [6.45, 7) is 3.77. The van der Waals surface area contributed by atoms with Crippen LogP contribution in [0.4, 0.5) is 8.78 Å². The highest BCUT2D eigenvalue weighted by Gasteiger charge is 2.29. The first-order chi connectivity index (χ1) is 9.65. The molecule has 1 saturated heterocycles. The quantitative estimate of drug-likeness (QED) is 0.889. The molecule has 1 aliphatic heterocycles. The first-order valence-electron chi connectivity index (χ1n) is 7.49. The molecule has 4 heteroatoms. The summed E-state index contributed by atoms with van der Waals surface area (Å²) in [4.78, 5) is 2.27. The van der Waals surface area contributed by atoms with Crippen molar-refractivity contribution < 1.29 is 8.78 Å². The lowest BCUT2D eigenvalue weighted by Crippen LogP contribution is -2.42. The fourth-order valence-electron chi connectivity index (χ4n) is 3.23. The Morgan fingerprint density at radius 1 is 1.30 bits per heavy atom. The molecule has 0 spiro atoms. The van der Waals surface area contributed by atoms with E-state index in [1.165, 1.54) is 24.6 Å². The number of piperidine rings is 1. The van der Waals surface area contributed by atoms with Gasteiger partial charge in [-0.2, -0.15) is 0 Å². The Hall–Kier alpha value is -1.00. The minimum Gasteiger partial charge on any atom is -0.320 e. The summed E-state index contributed by atoms with van der Waals surface area (Å²) in [7, 11) is 1.94. The predicted molar refractivity (Wildman–Crippen MR) is 77.7 cm³/mol. The predicted octanol–water partition coefficient (Wildman–Crippen LogP) is 3.49. The lowest BCUT2D eigenvalue weighted by Gasteiger charge is -2.40. The molecule has 2 atom stereocenters. The molecule has 1 N–H and O–H groups in total. The first kappa shape index (κ1) is 15.4. The van der Waals surface area contributed by atoms with E-state index in [0.29, 0.717) is 6.04 Å². The molecule has 112 valence electrons. The van der Waals surface area contributed by atoms with Crippen molar-refractivity contribution in [2.24, 2.45) is 0 Å². The molecule has 0 saturated carbocycles. The van der Waals surface area contributed by atoms with E-state index in [1.807, 2.05) is 14.0 Å². The van der Waals surface area contributed by atoms with Gasteiger partial charge in [0.25, 0.3) is 0 Å². The summed E-state index contributed by atoms with van der Waals surface area (Å²) in [6.07, 6.45) is 4.45. The van der Waals surface area contributed by atoms with Crippen LogP contribution >= 0.6 is 0 Å². The Morgan fingerprint density at radius 3 is 2.65 bits per heavy atom. The maximum absolute atomic E-state index is 14.0. The second-order valence-corrected chi connectivity index (χ2v) is 5.59. The van der Waals surface area contributed by atoms with E-state index in [0.717, 1.165) is 32.4 Å². The number of rotatable bonds is 5. The van der Waals surface area contributed by atoms with Gasteiger partial charge in [-0.25, -0.2) is 8.78 Å². The summed E-state index contributed by atoms with van der Waals surface area (Å²) < 4.78 is 27.9. The van der Waals surface area contributed by atoms with Gasteiger partial charge in [0.05, 0.1) is 0 Å². The lowest BCUT2D eigenvalue weighted by molar-refractivity contribution is 0.0934. The molecule has 0 aromatic heterocycles. The Labute approximate surface area is 120 Å². The molecule has 1 heterocycles. The third-order valence-electron chi connectivity index (χ3n) is 4.32. The van der Waals surface area contributed by atoms with Crippen molar-refractivity contribution in [3.05, 3.63) is 35.4 Å². The zero-order valence-electron chi connectivity index (χ0n) is 12.3. The Morgan fingerprint density at radius 2 is 2.00 bits per heavy atom. The molecule has 2 nitrogen and oxygen atoms in total. The van der Waals surface area contributed by atoms with Crippen molar-refractivity contribution in [3.8, 4) is 0 Å². The zero-order valence-corrected chi connectivity index (χ0v) is 12.3. The summed E-state index contributed by atoms with van der Waals surface area (Å²) in [5.74, 6) is -0.870. The number of hydrogen-bond acceptors (Lipinski definition) is 2. The van der Waals surface area contributed by atoms with Crippen LogP contribution in [0.1, 0.15) is 44.2 Å². The largest absolute Gasteiger partial charge is 0.320 e. The van der Waals surface area contributed by atoms with E-state index in [9.17, 15) is 8.78 Å². The molecule has 0 radical (unpaired) electrons. The molecule has 2 unspecified atom stereocenters. The number of nitrogens with one attached hydrogen (secondary N) is 1. The minimum absolute atomic E-state index is 0.210. The Kier molecular flexibility index (Phi) is 5.49. The number of hydrogen-bond donors (Lipinski definition) is 1. The van der Waals surface area contributed by atoms with Gasteiger partial charge in [-0.3, -0.25) is 4.90 Å². The van der Waals surface area contributed by atoms with Crippen molar-refractivity contribution in [2.45, 2.75) is 44.7 Å². The molecule has 0 bridgehead atoms. The topological polar surface area (TPSA) is 15.3 Å². The van der Waals surface area contributed by atoms with Gasteiger partial charge in [0, 0.05) is 17.6 Å². The molecule has 1 aromatic rings. The summed E-state index contributed by atoms with van der Waals surface area (Å²) >= 11 is 0. The van der Waals surface area contributed by atoms with Gasteiger partial charge in [0.15, 0.2) is 0 Å². The SMILES string of the molecule is CNCCC1CCCCN1C(C)c1c(F)cccc1F. The molecule has 20 heavy (non-hydrogen) atoms. The average molecular weight is 282 g/mol. The lowest BCUT2D eigenvalue weighted by atomic mass is 9.94. The molecule has 0 amide bonds. The maximum atomic E-state index is 14.0. The van der Waals surface area contributed by atoms with E-state index in [2.05, 4.69) is 10.2 Å². The highest BCUT2D eigenvalue weighted by atomic mass is 19.1.